The van der Waals surface area contributed by atoms with Crippen molar-refractivity contribution in [2.75, 3.05) is 7.05 Å². The van der Waals surface area contributed by atoms with Crippen LogP contribution in [0.3, 0.4) is 0 Å². The molecule has 1 unspecified atom stereocenters. The molecule has 3 rings (SSSR count). The van der Waals surface area contributed by atoms with E-state index in [1.54, 1.807) is 6.20 Å². The van der Waals surface area contributed by atoms with Gasteiger partial charge >= 0.3 is 0 Å². The van der Waals surface area contributed by atoms with Crippen LogP contribution in [0, 0.1) is 11.3 Å². The summed E-state index contributed by atoms with van der Waals surface area (Å²) in [5.74, 6) is 1.91. The van der Waals surface area contributed by atoms with Crippen molar-refractivity contribution in [2.24, 2.45) is 4.99 Å². The molecule has 1 N–H and O–H groups in total. The van der Waals surface area contributed by atoms with E-state index in [0.717, 1.165) is 22.8 Å². The SMILES string of the molecule is C[N+]1(Cc2ccccc2C#N)C=CN=C1Cc1ncc[nH]1. The summed E-state index contributed by atoms with van der Waals surface area (Å²) < 4.78 is 0.569. The topological polar surface area (TPSA) is 64.8 Å². The molecule has 0 fully saturated rings. The van der Waals surface area contributed by atoms with Crippen LogP contribution in [-0.4, -0.2) is 27.3 Å². The Morgan fingerprint density at radius 2 is 2.19 bits per heavy atom. The zero-order valence-corrected chi connectivity index (χ0v) is 11.8. The molecule has 5 heteroatoms. The van der Waals surface area contributed by atoms with Gasteiger partial charge in [0, 0.05) is 18.0 Å². The summed E-state index contributed by atoms with van der Waals surface area (Å²) in [6.45, 7) is 0.708. The second-order valence-electron chi connectivity index (χ2n) is 5.25. The van der Waals surface area contributed by atoms with E-state index in [1.165, 1.54) is 0 Å². The van der Waals surface area contributed by atoms with Gasteiger partial charge in [-0.15, -0.1) is 0 Å². The fourth-order valence-electron chi connectivity index (χ4n) is 2.52. The number of likely N-dealkylation sites (N-methyl/N-ethyl adjacent to an activating group) is 1. The molecule has 0 saturated carbocycles. The summed E-state index contributed by atoms with van der Waals surface area (Å²) in [7, 11) is 2.10. The maximum absolute atomic E-state index is 9.23. The number of aromatic amines is 1. The number of hydrogen-bond donors (Lipinski definition) is 1. The summed E-state index contributed by atoms with van der Waals surface area (Å²) in [5.41, 5.74) is 1.75. The molecule has 1 aromatic carbocycles. The lowest BCUT2D eigenvalue weighted by Crippen LogP contribution is -2.43. The van der Waals surface area contributed by atoms with Crippen LogP contribution in [0.15, 0.2) is 54.1 Å². The first-order valence-electron chi connectivity index (χ1n) is 6.78. The summed E-state index contributed by atoms with van der Waals surface area (Å²) in [5, 5.41) is 9.23. The average Bonchev–Trinajstić information content (AvgIpc) is 3.11. The molecular formula is C16H16N5+. The highest BCUT2D eigenvalue weighted by molar-refractivity contribution is 5.79. The summed E-state index contributed by atoms with van der Waals surface area (Å²) in [6.07, 6.45) is 8.10. The smallest absolute Gasteiger partial charge is 0.215 e. The predicted molar refractivity (Wildman–Crippen MR) is 79.9 cm³/mol. The lowest BCUT2D eigenvalue weighted by Gasteiger charge is -2.27. The molecule has 0 spiro atoms. The van der Waals surface area contributed by atoms with E-state index in [1.807, 2.05) is 42.9 Å². The van der Waals surface area contributed by atoms with Crippen molar-refractivity contribution in [1.82, 2.24) is 9.97 Å². The zero-order valence-electron chi connectivity index (χ0n) is 11.8. The standard InChI is InChI=1S/C16H16N5/c1-21(12-14-5-3-2-4-13(14)11-17)9-8-20-16(21)10-15-18-6-7-19-15/h2-9H,10,12H2,1H3,(H,18,19)/q+1. The number of nitrogens with one attached hydrogen (secondary N) is 1. The highest BCUT2D eigenvalue weighted by Crippen LogP contribution is 2.22. The molecule has 1 aliphatic rings. The van der Waals surface area contributed by atoms with Crippen LogP contribution in [0.2, 0.25) is 0 Å². The van der Waals surface area contributed by atoms with Gasteiger partial charge in [-0.2, -0.15) is 5.26 Å². The first-order valence-corrected chi connectivity index (χ1v) is 6.78. The number of aliphatic imine (C=N–C) groups is 1. The van der Waals surface area contributed by atoms with E-state index in [2.05, 4.69) is 28.1 Å². The maximum Gasteiger partial charge on any atom is 0.215 e. The first-order chi connectivity index (χ1) is 10.2. The number of imidazole rings is 1. The van der Waals surface area contributed by atoms with E-state index < -0.39 is 0 Å². The highest BCUT2D eigenvalue weighted by atomic mass is 15.4. The van der Waals surface area contributed by atoms with E-state index in [4.69, 9.17) is 0 Å². The van der Waals surface area contributed by atoms with E-state index in [-0.39, 0.29) is 0 Å². The molecule has 1 atom stereocenters. The zero-order chi connectivity index (χ0) is 14.7. The van der Waals surface area contributed by atoms with Gasteiger partial charge in [0.2, 0.25) is 5.84 Å². The minimum Gasteiger partial charge on any atom is -0.348 e. The Balaban J connectivity index is 1.85. The number of nitriles is 1. The van der Waals surface area contributed by atoms with Gasteiger partial charge in [0.05, 0.1) is 24.9 Å². The molecule has 2 heterocycles. The fourth-order valence-corrected chi connectivity index (χ4v) is 2.52. The van der Waals surface area contributed by atoms with E-state index >= 15 is 0 Å². The maximum atomic E-state index is 9.23. The lowest BCUT2D eigenvalue weighted by atomic mass is 10.1. The van der Waals surface area contributed by atoms with Crippen molar-refractivity contribution in [3.8, 4) is 6.07 Å². The fraction of sp³-hybridized carbons (Fsp3) is 0.188. The summed E-state index contributed by atoms with van der Waals surface area (Å²) >= 11 is 0. The second kappa shape index (κ2) is 5.35. The minimum absolute atomic E-state index is 0.569. The molecule has 0 radical (unpaired) electrons. The van der Waals surface area contributed by atoms with Crippen molar-refractivity contribution < 1.29 is 4.48 Å². The summed E-state index contributed by atoms with van der Waals surface area (Å²) in [6, 6.07) is 9.96. The lowest BCUT2D eigenvalue weighted by molar-refractivity contribution is -0.779. The Labute approximate surface area is 123 Å². The van der Waals surface area contributed by atoms with Crippen LogP contribution >= 0.6 is 0 Å². The van der Waals surface area contributed by atoms with Crippen molar-refractivity contribution in [3.05, 3.63) is 66.0 Å². The van der Waals surface area contributed by atoms with Crippen molar-refractivity contribution in [3.63, 3.8) is 0 Å². The van der Waals surface area contributed by atoms with Crippen molar-refractivity contribution >= 4 is 5.84 Å². The van der Waals surface area contributed by atoms with Crippen LogP contribution in [0.1, 0.15) is 17.0 Å². The number of hydrogen-bond acceptors (Lipinski definition) is 3. The van der Waals surface area contributed by atoms with Gasteiger partial charge in [0.1, 0.15) is 25.0 Å². The Morgan fingerprint density at radius 3 is 2.95 bits per heavy atom. The number of rotatable bonds is 4. The molecular weight excluding hydrogens is 262 g/mol. The monoisotopic (exact) mass is 278 g/mol. The number of amidine groups is 1. The molecule has 0 saturated heterocycles. The van der Waals surface area contributed by atoms with Gasteiger partial charge < -0.3 is 4.98 Å². The van der Waals surface area contributed by atoms with Gasteiger partial charge in [0.25, 0.3) is 0 Å². The third-order valence-electron chi connectivity index (χ3n) is 3.73. The minimum atomic E-state index is 0.569. The molecule has 0 aliphatic carbocycles. The second-order valence-corrected chi connectivity index (χ2v) is 5.25. The Hall–Kier alpha value is -2.71. The molecule has 0 amide bonds. The highest BCUT2D eigenvalue weighted by Gasteiger charge is 2.32. The summed E-state index contributed by atoms with van der Waals surface area (Å²) in [4.78, 5) is 11.8. The third-order valence-corrected chi connectivity index (χ3v) is 3.73. The van der Waals surface area contributed by atoms with Crippen LogP contribution in [0.5, 0.6) is 0 Å². The van der Waals surface area contributed by atoms with Gasteiger partial charge in [-0.1, -0.05) is 18.2 Å². The molecule has 0 bridgehead atoms. The number of nitrogens with zero attached hydrogens (tertiary/aromatic N) is 4. The third kappa shape index (κ3) is 2.62. The number of H-pyrrole nitrogens is 1. The van der Waals surface area contributed by atoms with Crippen LogP contribution in [0.25, 0.3) is 0 Å². The van der Waals surface area contributed by atoms with E-state index in [0.29, 0.717) is 17.4 Å². The number of quaternary nitrogens is 1. The molecule has 104 valence electrons. The molecule has 2 aromatic rings. The number of benzene rings is 1. The van der Waals surface area contributed by atoms with Crippen molar-refractivity contribution in [2.45, 2.75) is 13.0 Å². The Bertz CT molecular complexity index is 736. The van der Waals surface area contributed by atoms with Crippen LogP contribution < -0.4 is 0 Å². The largest absolute Gasteiger partial charge is 0.348 e. The molecule has 1 aliphatic heterocycles. The quantitative estimate of drug-likeness (QED) is 0.872. The van der Waals surface area contributed by atoms with Gasteiger partial charge in [0.15, 0.2) is 0 Å². The van der Waals surface area contributed by atoms with E-state index in [9.17, 15) is 5.26 Å². The predicted octanol–water partition coefficient (Wildman–Crippen LogP) is 2.35. The van der Waals surface area contributed by atoms with Crippen molar-refractivity contribution in [1.29, 1.82) is 5.26 Å². The molecule has 5 nitrogen and oxygen atoms in total. The van der Waals surface area contributed by atoms with Gasteiger partial charge in [-0.05, 0) is 6.07 Å². The Kier molecular flexibility index (Phi) is 3.38. The Morgan fingerprint density at radius 1 is 1.33 bits per heavy atom. The number of aromatic nitrogens is 2. The normalized spacial score (nSPS) is 20.3. The van der Waals surface area contributed by atoms with Crippen LogP contribution in [-0.2, 0) is 13.0 Å². The molecule has 1 aromatic heterocycles. The van der Waals surface area contributed by atoms with Crippen LogP contribution in [0.4, 0.5) is 0 Å². The average molecular weight is 278 g/mol. The van der Waals surface area contributed by atoms with Gasteiger partial charge in [-0.25, -0.2) is 14.5 Å². The van der Waals surface area contributed by atoms with Gasteiger partial charge in [-0.3, -0.25) is 0 Å². The first kappa shape index (κ1) is 13.3. The molecule has 21 heavy (non-hydrogen) atoms.